The van der Waals surface area contributed by atoms with Crippen LogP contribution in [0, 0.1) is 11.8 Å². The highest BCUT2D eigenvalue weighted by Crippen LogP contribution is 2.38. The Balaban J connectivity index is 2.05. The van der Waals surface area contributed by atoms with Crippen molar-refractivity contribution in [3.05, 3.63) is 0 Å². The second-order valence-corrected chi connectivity index (χ2v) is 4.30. The van der Waals surface area contributed by atoms with Crippen LogP contribution in [0.4, 0.5) is 0 Å². The zero-order chi connectivity index (χ0) is 9.42. The van der Waals surface area contributed by atoms with E-state index >= 15 is 0 Å². The van der Waals surface area contributed by atoms with Crippen LogP contribution in [0.2, 0.25) is 0 Å². The maximum atomic E-state index is 11.4. The Hall–Kier alpha value is -0.570. The fraction of sp³-hybridized carbons (Fsp3) is 0.900. The molecular formula is C10H17NO2. The molecule has 2 bridgehead atoms. The van der Waals surface area contributed by atoms with Gasteiger partial charge in [0, 0.05) is 12.6 Å². The van der Waals surface area contributed by atoms with Crippen molar-refractivity contribution in [3.63, 3.8) is 0 Å². The highest BCUT2D eigenvalue weighted by atomic mass is 16.5. The molecule has 0 radical (unpaired) electrons. The molecule has 0 amide bonds. The summed E-state index contributed by atoms with van der Waals surface area (Å²) in [5, 5.41) is 0. The number of hydrogen-bond acceptors (Lipinski definition) is 3. The molecule has 13 heavy (non-hydrogen) atoms. The largest absolute Gasteiger partial charge is 0.469 e. The van der Waals surface area contributed by atoms with E-state index in [0.29, 0.717) is 5.92 Å². The van der Waals surface area contributed by atoms with Crippen LogP contribution in [0.1, 0.15) is 19.3 Å². The smallest absolute Gasteiger partial charge is 0.308 e. The van der Waals surface area contributed by atoms with Crippen LogP contribution in [0.15, 0.2) is 0 Å². The number of carbonyl (C=O) groups excluding carboxylic acids is 1. The van der Waals surface area contributed by atoms with Crippen molar-refractivity contribution in [2.75, 3.05) is 20.7 Å². The molecule has 3 nitrogen and oxygen atoms in total. The molecule has 0 aromatic heterocycles. The highest BCUT2D eigenvalue weighted by molar-refractivity contribution is 5.72. The predicted octanol–water partition coefficient (Wildman–Crippen LogP) is 0.890. The molecule has 0 spiro atoms. The number of carbonyl (C=O) groups is 1. The standard InChI is InChI=1S/C10H17NO2/c1-11-6-7-5-8(11)3-4-9(7)10(12)13-2/h7-9H,3-6H2,1-2H3/t7-,8+,9-/m1/s1. The normalized spacial score (nSPS) is 39.1. The molecule has 3 heteroatoms. The topological polar surface area (TPSA) is 29.5 Å². The van der Waals surface area contributed by atoms with Gasteiger partial charge in [-0.2, -0.15) is 0 Å². The third-order valence-electron chi connectivity index (χ3n) is 3.60. The number of methoxy groups -OCH3 is 1. The van der Waals surface area contributed by atoms with Gasteiger partial charge in [0.25, 0.3) is 0 Å². The molecule has 3 atom stereocenters. The van der Waals surface area contributed by atoms with Gasteiger partial charge < -0.3 is 9.64 Å². The summed E-state index contributed by atoms with van der Waals surface area (Å²) in [5.74, 6) is 0.723. The van der Waals surface area contributed by atoms with Gasteiger partial charge in [-0.25, -0.2) is 0 Å². The Kier molecular flexibility index (Phi) is 2.28. The third kappa shape index (κ3) is 1.46. The van der Waals surface area contributed by atoms with Crippen LogP contribution in [-0.4, -0.2) is 37.6 Å². The van der Waals surface area contributed by atoms with Crippen LogP contribution in [0.3, 0.4) is 0 Å². The maximum absolute atomic E-state index is 11.4. The first kappa shape index (κ1) is 9.00. The Labute approximate surface area is 79.0 Å². The zero-order valence-electron chi connectivity index (χ0n) is 8.32. The molecular weight excluding hydrogens is 166 g/mol. The first-order valence-electron chi connectivity index (χ1n) is 5.00. The van der Waals surface area contributed by atoms with E-state index in [1.54, 1.807) is 0 Å². The summed E-state index contributed by atoms with van der Waals surface area (Å²) < 4.78 is 4.82. The predicted molar refractivity (Wildman–Crippen MR) is 49.3 cm³/mol. The third-order valence-corrected chi connectivity index (χ3v) is 3.60. The summed E-state index contributed by atoms with van der Waals surface area (Å²) in [5.41, 5.74) is 0. The van der Waals surface area contributed by atoms with Gasteiger partial charge in [0.2, 0.25) is 0 Å². The van der Waals surface area contributed by atoms with Crippen LogP contribution in [0.25, 0.3) is 0 Å². The molecule has 2 fully saturated rings. The van der Waals surface area contributed by atoms with Gasteiger partial charge >= 0.3 is 5.97 Å². The van der Waals surface area contributed by atoms with Crippen molar-refractivity contribution >= 4 is 5.97 Å². The molecule has 1 heterocycles. The minimum absolute atomic E-state index is 0.00116. The van der Waals surface area contributed by atoms with E-state index in [0.717, 1.165) is 25.4 Å². The lowest BCUT2D eigenvalue weighted by atomic mass is 9.80. The number of fused-ring (bicyclic) bond motifs is 2. The Morgan fingerprint density at radius 2 is 2.23 bits per heavy atom. The molecule has 2 rings (SSSR count). The second kappa shape index (κ2) is 3.29. The second-order valence-electron chi connectivity index (χ2n) is 4.30. The Morgan fingerprint density at radius 1 is 1.46 bits per heavy atom. The summed E-state index contributed by atoms with van der Waals surface area (Å²) in [6, 6.07) is 0.728. The fourth-order valence-corrected chi connectivity index (χ4v) is 2.82. The molecule has 1 aliphatic heterocycles. The summed E-state index contributed by atoms with van der Waals surface area (Å²) >= 11 is 0. The van der Waals surface area contributed by atoms with Crippen molar-refractivity contribution in [1.29, 1.82) is 0 Å². The van der Waals surface area contributed by atoms with Crippen molar-refractivity contribution < 1.29 is 9.53 Å². The number of ether oxygens (including phenoxy) is 1. The Bertz CT molecular complexity index is 215. The lowest BCUT2D eigenvalue weighted by molar-refractivity contribution is -0.148. The molecule has 1 saturated heterocycles. The summed E-state index contributed by atoms with van der Waals surface area (Å²) in [4.78, 5) is 13.8. The van der Waals surface area contributed by atoms with Gasteiger partial charge in [-0.1, -0.05) is 0 Å². The molecule has 74 valence electrons. The van der Waals surface area contributed by atoms with Crippen LogP contribution >= 0.6 is 0 Å². The van der Waals surface area contributed by atoms with Gasteiger partial charge in [0.05, 0.1) is 13.0 Å². The van der Waals surface area contributed by atoms with E-state index in [9.17, 15) is 4.79 Å². The molecule has 0 aromatic rings. The van der Waals surface area contributed by atoms with E-state index in [1.165, 1.54) is 13.5 Å². The first-order valence-corrected chi connectivity index (χ1v) is 5.00. The molecule has 1 saturated carbocycles. The highest BCUT2D eigenvalue weighted by Gasteiger charge is 2.42. The van der Waals surface area contributed by atoms with E-state index in [4.69, 9.17) is 4.74 Å². The van der Waals surface area contributed by atoms with Gasteiger partial charge in [-0.15, -0.1) is 0 Å². The minimum Gasteiger partial charge on any atom is -0.469 e. The average molecular weight is 183 g/mol. The number of likely N-dealkylation sites (tertiary alicyclic amines) is 1. The van der Waals surface area contributed by atoms with Crippen molar-refractivity contribution in [3.8, 4) is 0 Å². The molecule has 1 aliphatic carbocycles. The van der Waals surface area contributed by atoms with Crippen molar-refractivity contribution in [1.82, 2.24) is 4.90 Å². The molecule has 0 aromatic carbocycles. The summed E-state index contributed by atoms with van der Waals surface area (Å²) in [6.07, 6.45) is 3.37. The quantitative estimate of drug-likeness (QED) is 0.565. The number of nitrogens with zero attached hydrogens (tertiary/aromatic N) is 1. The van der Waals surface area contributed by atoms with Gasteiger partial charge in [0.15, 0.2) is 0 Å². The van der Waals surface area contributed by atoms with Crippen LogP contribution in [-0.2, 0) is 9.53 Å². The van der Waals surface area contributed by atoms with Gasteiger partial charge in [-0.05, 0) is 32.2 Å². The van der Waals surface area contributed by atoms with Crippen molar-refractivity contribution in [2.24, 2.45) is 11.8 Å². The van der Waals surface area contributed by atoms with E-state index < -0.39 is 0 Å². The van der Waals surface area contributed by atoms with Gasteiger partial charge in [-0.3, -0.25) is 4.79 Å². The lowest BCUT2D eigenvalue weighted by Crippen LogP contribution is -2.29. The minimum atomic E-state index is -0.00116. The van der Waals surface area contributed by atoms with Crippen LogP contribution < -0.4 is 0 Å². The molecule has 0 N–H and O–H groups in total. The monoisotopic (exact) mass is 183 g/mol. The van der Waals surface area contributed by atoms with Crippen molar-refractivity contribution in [2.45, 2.75) is 25.3 Å². The SMILES string of the molecule is COC(=O)[C@@H]1CC[C@H]2C[C@@H]1CN2C. The summed E-state index contributed by atoms with van der Waals surface area (Å²) in [6.45, 7) is 1.07. The van der Waals surface area contributed by atoms with Crippen LogP contribution in [0.5, 0.6) is 0 Å². The van der Waals surface area contributed by atoms with Gasteiger partial charge in [0.1, 0.15) is 0 Å². The lowest BCUT2D eigenvalue weighted by Gasteiger charge is -2.25. The maximum Gasteiger partial charge on any atom is 0.308 e. The summed E-state index contributed by atoms with van der Waals surface area (Å²) in [7, 11) is 3.65. The van der Waals surface area contributed by atoms with E-state index in [2.05, 4.69) is 11.9 Å². The number of rotatable bonds is 1. The fourth-order valence-electron chi connectivity index (χ4n) is 2.82. The number of hydrogen-bond donors (Lipinski definition) is 0. The average Bonchev–Trinajstić information content (AvgIpc) is 2.42. The van der Waals surface area contributed by atoms with E-state index in [-0.39, 0.29) is 11.9 Å². The first-order chi connectivity index (χ1) is 6.22. The zero-order valence-corrected chi connectivity index (χ0v) is 8.32. The van der Waals surface area contributed by atoms with E-state index in [1.807, 2.05) is 0 Å². The Morgan fingerprint density at radius 3 is 2.92 bits per heavy atom. The number of esters is 1. The molecule has 2 aliphatic rings. The molecule has 0 unspecified atom stereocenters.